The molecule has 0 spiro atoms. The van der Waals surface area contributed by atoms with E-state index >= 15 is 0 Å². The number of aliphatic hydroxyl groups is 1. The standard InChI is InChI=1S/C11H18O3/c1-4-5-13-7-11(12)10-6-8(2)14-9(10)3/h6,11-12H,4-5,7H2,1-3H3. The molecule has 3 heteroatoms. The summed E-state index contributed by atoms with van der Waals surface area (Å²) in [4.78, 5) is 0. The molecular weight excluding hydrogens is 180 g/mol. The third-order valence-corrected chi connectivity index (χ3v) is 2.06. The van der Waals surface area contributed by atoms with Crippen LogP contribution in [0.3, 0.4) is 0 Å². The van der Waals surface area contributed by atoms with Crippen molar-refractivity contribution in [1.29, 1.82) is 0 Å². The smallest absolute Gasteiger partial charge is 0.106 e. The quantitative estimate of drug-likeness (QED) is 0.738. The lowest BCUT2D eigenvalue weighted by Crippen LogP contribution is -2.07. The maximum Gasteiger partial charge on any atom is 0.106 e. The second-order valence-electron chi connectivity index (χ2n) is 3.46. The van der Waals surface area contributed by atoms with Crippen LogP contribution in [0.2, 0.25) is 0 Å². The molecule has 1 heterocycles. The second-order valence-corrected chi connectivity index (χ2v) is 3.46. The van der Waals surface area contributed by atoms with Gasteiger partial charge in [-0.25, -0.2) is 0 Å². The Morgan fingerprint density at radius 2 is 2.21 bits per heavy atom. The Morgan fingerprint density at radius 1 is 1.50 bits per heavy atom. The van der Waals surface area contributed by atoms with Crippen molar-refractivity contribution in [2.24, 2.45) is 0 Å². The van der Waals surface area contributed by atoms with Crippen LogP contribution in [0.25, 0.3) is 0 Å². The molecule has 0 radical (unpaired) electrons. The zero-order valence-corrected chi connectivity index (χ0v) is 9.04. The van der Waals surface area contributed by atoms with Crippen LogP contribution in [0.15, 0.2) is 10.5 Å². The van der Waals surface area contributed by atoms with Crippen LogP contribution >= 0.6 is 0 Å². The number of hydrogen-bond donors (Lipinski definition) is 1. The lowest BCUT2D eigenvalue weighted by Gasteiger charge is -2.09. The molecule has 1 aromatic rings. The molecule has 80 valence electrons. The summed E-state index contributed by atoms with van der Waals surface area (Å²) in [6.07, 6.45) is 0.398. The fourth-order valence-electron chi connectivity index (χ4n) is 1.41. The van der Waals surface area contributed by atoms with Gasteiger partial charge < -0.3 is 14.3 Å². The molecule has 1 rings (SSSR count). The van der Waals surface area contributed by atoms with Gasteiger partial charge in [0, 0.05) is 12.2 Å². The van der Waals surface area contributed by atoms with Crippen molar-refractivity contribution >= 4 is 0 Å². The van der Waals surface area contributed by atoms with Gasteiger partial charge in [0.05, 0.1) is 6.61 Å². The predicted molar refractivity (Wildman–Crippen MR) is 54.3 cm³/mol. The van der Waals surface area contributed by atoms with Crippen LogP contribution in [-0.4, -0.2) is 18.3 Å². The number of aliphatic hydroxyl groups excluding tert-OH is 1. The van der Waals surface area contributed by atoms with Crippen LogP contribution in [0.5, 0.6) is 0 Å². The van der Waals surface area contributed by atoms with Crippen molar-refractivity contribution in [2.75, 3.05) is 13.2 Å². The lowest BCUT2D eigenvalue weighted by molar-refractivity contribution is 0.0357. The average molecular weight is 198 g/mol. The summed E-state index contributed by atoms with van der Waals surface area (Å²) < 4.78 is 10.6. The molecule has 0 amide bonds. The molecular formula is C11H18O3. The summed E-state index contributed by atoms with van der Waals surface area (Å²) in [5.74, 6) is 1.60. The van der Waals surface area contributed by atoms with Gasteiger partial charge in [0.15, 0.2) is 0 Å². The SMILES string of the molecule is CCCOCC(O)c1cc(C)oc1C. The Morgan fingerprint density at radius 3 is 2.71 bits per heavy atom. The summed E-state index contributed by atoms with van der Waals surface area (Å²) in [6, 6.07) is 1.86. The summed E-state index contributed by atoms with van der Waals surface area (Å²) in [7, 11) is 0. The Labute approximate surface area is 84.7 Å². The van der Waals surface area contributed by atoms with Gasteiger partial charge in [-0.2, -0.15) is 0 Å². The molecule has 0 aromatic carbocycles. The normalized spacial score (nSPS) is 13.1. The summed E-state index contributed by atoms with van der Waals surface area (Å²) in [5, 5.41) is 9.76. The van der Waals surface area contributed by atoms with Crippen LogP contribution in [0, 0.1) is 13.8 Å². The summed E-state index contributed by atoms with van der Waals surface area (Å²) in [5.41, 5.74) is 0.832. The first-order valence-electron chi connectivity index (χ1n) is 4.98. The minimum Gasteiger partial charge on any atom is -0.466 e. The Hall–Kier alpha value is -0.800. The average Bonchev–Trinajstić information content (AvgIpc) is 2.45. The minimum absolute atomic E-state index is 0.341. The van der Waals surface area contributed by atoms with Crippen LogP contribution in [0.1, 0.15) is 36.5 Å². The highest BCUT2D eigenvalue weighted by molar-refractivity contribution is 5.22. The van der Waals surface area contributed by atoms with Gasteiger partial charge >= 0.3 is 0 Å². The first-order chi connectivity index (χ1) is 6.65. The van der Waals surface area contributed by atoms with Gasteiger partial charge in [0.2, 0.25) is 0 Å². The van der Waals surface area contributed by atoms with E-state index in [1.54, 1.807) is 0 Å². The first kappa shape index (κ1) is 11.3. The number of hydrogen-bond acceptors (Lipinski definition) is 3. The molecule has 14 heavy (non-hydrogen) atoms. The fraction of sp³-hybridized carbons (Fsp3) is 0.636. The number of ether oxygens (including phenoxy) is 1. The maximum atomic E-state index is 9.76. The van der Waals surface area contributed by atoms with E-state index in [1.165, 1.54) is 0 Å². The van der Waals surface area contributed by atoms with Gasteiger partial charge in [0.1, 0.15) is 17.6 Å². The Kier molecular flexibility index (Phi) is 4.17. The van der Waals surface area contributed by atoms with Crippen molar-refractivity contribution < 1.29 is 14.3 Å². The van der Waals surface area contributed by atoms with Crippen LogP contribution in [-0.2, 0) is 4.74 Å². The first-order valence-corrected chi connectivity index (χ1v) is 4.98. The highest BCUT2D eigenvalue weighted by Gasteiger charge is 2.14. The van der Waals surface area contributed by atoms with E-state index in [-0.39, 0.29) is 0 Å². The number of furan rings is 1. The number of aryl methyl sites for hydroxylation is 2. The highest BCUT2D eigenvalue weighted by Crippen LogP contribution is 2.21. The molecule has 3 nitrogen and oxygen atoms in total. The van der Waals surface area contributed by atoms with Gasteiger partial charge in [-0.1, -0.05) is 6.92 Å². The molecule has 0 fully saturated rings. The predicted octanol–water partition coefficient (Wildman–Crippen LogP) is 2.36. The molecule has 0 bridgehead atoms. The van der Waals surface area contributed by atoms with Gasteiger partial charge in [-0.3, -0.25) is 0 Å². The van der Waals surface area contributed by atoms with E-state index in [4.69, 9.17) is 9.15 Å². The Balaban J connectivity index is 2.51. The number of rotatable bonds is 5. The molecule has 0 aliphatic carbocycles. The van der Waals surface area contributed by atoms with E-state index in [2.05, 4.69) is 0 Å². The van der Waals surface area contributed by atoms with E-state index in [0.717, 1.165) is 23.5 Å². The molecule has 0 aliphatic rings. The van der Waals surface area contributed by atoms with Gasteiger partial charge in [0.25, 0.3) is 0 Å². The third kappa shape index (κ3) is 2.86. The van der Waals surface area contributed by atoms with Gasteiger partial charge in [-0.15, -0.1) is 0 Å². The molecule has 1 N–H and O–H groups in total. The fourth-order valence-corrected chi connectivity index (χ4v) is 1.41. The largest absolute Gasteiger partial charge is 0.466 e. The Bertz CT molecular complexity index is 278. The van der Waals surface area contributed by atoms with E-state index in [1.807, 2.05) is 26.8 Å². The third-order valence-electron chi connectivity index (χ3n) is 2.06. The van der Waals surface area contributed by atoms with Crippen LogP contribution < -0.4 is 0 Å². The van der Waals surface area contributed by atoms with Crippen molar-refractivity contribution in [3.05, 3.63) is 23.2 Å². The zero-order chi connectivity index (χ0) is 10.6. The van der Waals surface area contributed by atoms with Crippen molar-refractivity contribution in [1.82, 2.24) is 0 Å². The minimum atomic E-state index is -0.570. The molecule has 0 saturated carbocycles. The maximum absolute atomic E-state index is 9.76. The van der Waals surface area contributed by atoms with Gasteiger partial charge in [-0.05, 0) is 26.3 Å². The molecule has 0 aliphatic heterocycles. The van der Waals surface area contributed by atoms with Crippen molar-refractivity contribution in [3.63, 3.8) is 0 Å². The second kappa shape index (κ2) is 5.17. The van der Waals surface area contributed by atoms with Crippen molar-refractivity contribution in [3.8, 4) is 0 Å². The molecule has 1 unspecified atom stereocenters. The molecule has 1 atom stereocenters. The topological polar surface area (TPSA) is 42.6 Å². The summed E-state index contributed by atoms with van der Waals surface area (Å²) in [6.45, 7) is 6.79. The highest BCUT2D eigenvalue weighted by atomic mass is 16.5. The molecule has 0 saturated heterocycles. The van der Waals surface area contributed by atoms with E-state index < -0.39 is 6.10 Å². The van der Waals surface area contributed by atoms with Crippen molar-refractivity contribution in [2.45, 2.75) is 33.3 Å². The van der Waals surface area contributed by atoms with E-state index in [9.17, 15) is 5.11 Å². The van der Waals surface area contributed by atoms with Crippen LogP contribution in [0.4, 0.5) is 0 Å². The summed E-state index contributed by atoms with van der Waals surface area (Å²) >= 11 is 0. The zero-order valence-electron chi connectivity index (χ0n) is 9.04. The van der Waals surface area contributed by atoms with E-state index in [0.29, 0.717) is 13.2 Å². The molecule has 1 aromatic heterocycles. The lowest BCUT2D eigenvalue weighted by atomic mass is 10.1. The monoisotopic (exact) mass is 198 g/mol.